The quantitative estimate of drug-likeness (QED) is 0.771. The van der Waals surface area contributed by atoms with Crippen LogP contribution < -0.4 is 5.32 Å². The van der Waals surface area contributed by atoms with E-state index in [0.717, 1.165) is 16.3 Å². The molecule has 0 amide bonds. The third-order valence-electron chi connectivity index (χ3n) is 3.71. The number of hydrogen-bond acceptors (Lipinski definition) is 5. The molecule has 3 aromatic rings. The third kappa shape index (κ3) is 3.58. The van der Waals surface area contributed by atoms with Gasteiger partial charge in [-0.2, -0.15) is 0 Å². The van der Waals surface area contributed by atoms with Crippen molar-refractivity contribution in [3.8, 4) is 10.6 Å². The van der Waals surface area contributed by atoms with Crippen LogP contribution in [0, 0.1) is 5.82 Å². The standard InChI is InChI=1S/C17H17FN4OS/c1-17(2,20-9-15(23)22-8-7-19-11-22)14-10-24-16(21-14)12-3-5-13(18)6-4-12/h3-8,10-11,20H,9H2,1-2H3. The van der Waals surface area contributed by atoms with Crippen LogP contribution in [-0.2, 0) is 5.54 Å². The second-order valence-corrected chi connectivity index (χ2v) is 6.75. The van der Waals surface area contributed by atoms with E-state index < -0.39 is 5.54 Å². The minimum absolute atomic E-state index is 0.0884. The van der Waals surface area contributed by atoms with Gasteiger partial charge in [-0.3, -0.25) is 14.7 Å². The molecular weight excluding hydrogens is 327 g/mol. The Morgan fingerprint density at radius 2 is 2.08 bits per heavy atom. The molecular formula is C17H17FN4OS. The first-order valence-corrected chi connectivity index (χ1v) is 8.32. The summed E-state index contributed by atoms with van der Waals surface area (Å²) in [6, 6.07) is 6.26. The van der Waals surface area contributed by atoms with E-state index in [1.807, 2.05) is 19.2 Å². The van der Waals surface area contributed by atoms with Gasteiger partial charge in [0.25, 0.3) is 0 Å². The van der Waals surface area contributed by atoms with E-state index in [1.54, 1.807) is 24.5 Å². The topological polar surface area (TPSA) is 59.8 Å². The van der Waals surface area contributed by atoms with Crippen LogP contribution in [-0.4, -0.2) is 27.0 Å². The Morgan fingerprint density at radius 1 is 1.33 bits per heavy atom. The average Bonchev–Trinajstić information content (AvgIpc) is 3.25. The highest BCUT2D eigenvalue weighted by Crippen LogP contribution is 2.28. The summed E-state index contributed by atoms with van der Waals surface area (Å²) >= 11 is 1.49. The highest BCUT2D eigenvalue weighted by atomic mass is 32.1. The van der Waals surface area contributed by atoms with Crippen molar-refractivity contribution in [1.29, 1.82) is 0 Å². The van der Waals surface area contributed by atoms with Crippen LogP contribution >= 0.6 is 11.3 Å². The van der Waals surface area contributed by atoms with Gasteiger partial charge in [-0.25, -0.2) is 14.4 Å². The maximum Gasteiger partial charge on any atom is 0.245 e. The van der Waals surface area contributed by atoms with Gasteiger partial charge in [-0.05, 0) is 38.1 Å². The number of carbonyl (C=O) groups is 1. The molecule has 0 radical (unpaired) electrons. The molecule has 1 N–H and O–H groups in total. The van der Waals surface area contributed by atoms with Gasteiger partial charge in [-0.1, -0.05) is 0 Å². The van der Waals surface area contributed by atoms with Gasteiger partial charge in [0.2, 0.25) is 5.91 Å². The van der Waals surface area contributed by atoms with Gasteiger partial charge < -0.3 is 0 Å². The van der Waals surface area contributed by atoms with Crippen LogP contribution in [0.4, 0.5) is 4.39 Å². The van der Waals surface area contributed by atoms with E-state index in [4.69, 9.17) is 0 Å². The van der Waals surface area contributed by atoms with E-state index in [0.29, 0.717) is 0 Å². The van der Waals surface area contributed by atoms with Crippen molar-refractivity contribution in [2.24, 2.45) is 0 Å². The zero-order chi connectivity index (χ0) is 17.2. The van der Waals surface area contributed by atoms with Crippen LogP contribution in [0.1, 0.15) is 24.3 Å². The second kappa shape index (κ2) is 6.62. The molecule has 0 fully saturated rings. The molecule has 0 unspecified atom stereocenters. The number of benzene rings is 1. The molecule has 2 heterocycles. The summed E-state index contributed by atoms with van der Waals surface area (Å²) in [5, 5.41) is 6.00. The van der Waals surface area contributed by atoms with Gasteiger partial charge in [0.1, 0.15) is 17.2 Å². The first kappa shape index (κ1) is 16.5. The number of thiazole rings is 1. The lowest BCUT2D eigenvalue weighted by Crippen LogP contribution is -2.41. The van der Waals surface area contributed by atoms with Crippen molar-refractivity contribution in [1.82, 2.24) is 19.9 Å². The zero-order valence-corrected chi connectivity index (χ0v) is 14.2. The SMILES string of the molecule is CC(C)(NCC(=O)n1ccnc1)c1csc(-c2ccc(F)cc2)n1. The molecule has 0 bridgehead atoms. The highest BCUT2D eigenvalue weighted by molar-refractivity contribution is 7.13. The summed E-state index contributed by atoms with van der Waals surface area (Å²) < 4.78 is 14.5. The Kier molecular flexibility index (Phi) is 4.55. The summed E-state index contributed by atoms with van der Waals surface area (Å²) in [4.78, 5) is 20.5. The summed E-state index contributed by atoms with van der Waals surface area (Å²) in [5.41, 5.74) is 1.24. The third-order valence-corrected chi connectivity index (χ3v) is 4.60. The smallest absolute Gasteiger partial charge is 0.245 e. The van der Waals surface area contributed by atoms with Crippen molar-refractivity contribution in [3.05, 3.63) is 59.9 Å². The van der Waals surface area contributed by atoms with E-state index in [1.165, 1.54) is 34.4 Å². The largest absolute Gasteiger partial charge is 0.298 e. The predicted octanol–water partition coefficient (Wildman–Crippen LogP) is 3.31. The zero-order valence-electron chi connectivity index (χ0n) is 13.4. The Labute approximate surface area is 143 Å². The Morgan fingerprint density at radius 3 is 2.75 bits per heavy atom. The first-order chi connectivity index (χ1) is 11.5. The van der Waals surface area contributed by atoms with Gasteiger partial charge in [0.15, 0.2) is 0 Å². The van der Waals surface area contributed by atoms with Gasteiger partial charge in [-0.15, -0.1) is 11.3 Å². The van der Waals surface area contributed by atoms with Gasteiger partial charge >= 0.3 is 0 Å². The summed E-state index contributed by atoms with van der Waals surface area (Å²) in [6.07, 6.45) is 4.66. The number of nitrogens with one attached hydrogen (secondary N) is 1. The van der Waals surface area contributed by atoms with Crippen LogP contribution in [0.25, 0.3) is 10.6 Å². The van der Waals surface area contributed by atoms with Crippen LogP contribution in [0.5, 0.6) is 0 Å². The first-order valence-electron chi connectivity index (χ1n) is 7.44. The maximum atomic E-state index is 13.0. The lowest BCUT2D eigenvalue weighted by molar-refractivity contribution is 0.0900. The molecule has 2 aromatic heterocycles. The van der Waals surface area contributed by atoms with Gasteiger partial charge in [0, 0.05) is 23.3 Å². The molecule has 0 atom stereocenters. The van der Waals surface area contributed by atoms with Crippen molar-refractivity contribution in [2.75, 3.05) is 6.54 Å². The van der Waals surface area contributed by atoms with E-state index in [2.05, 4.69) is 15.3 Å². The highest BCUT2D eigenvalue weighted by Gasteiger charge is 2.24. The number of halogens is 1. The molecule has 24 heavy (non-hydrogen) atoms. The Hall–Kier alpha value is -2.38. The predicted molar refractivity (Wildman–Crippen MR) is 91.4 cm³/mol. The molecule has 0 aliphatic heterocycles. The van der Waals surface area contributed by atoms with E-state index in [-0.39, 0.29) is 18.3 Å². The molecule has 124 valence electrons. The molecule has 1 aromatic carbocycles. The molecule has 0 saturated carbocycles. The molecule has 5 nitrogen and oxygen atoms in total. The fourth-order valence-electron chi connectivity index (χ4n) is 2.17. The Bertz CT molecular complexity index is 825. The average molecular weight is 344 g/mol. The fraction of sp³-hybridized carbons (Fsp3) is 0.235. The number of rotatable bonds is 5. The monoisotopic (exact) mass is 344 g/mol. The van der Waals surface area contributed by atoms with Crippen molar-refractivity contribution >= 4 is 17.2 Å². The minimum atomic E-state index is -0.467. The van der Waals surface area contributed by atoms with Crippen molar-refractivity contribution in [2.45, 2.75) is 19.4 Å². The Balaban J connectivity index is 1.70. The van der Waals surface area contributed by atoms with E-state index in [9.17, 15) is 9.18 Å². The number of carbonyl (C=O) groups excluding carboxylic acids is 1. The van der Waals surface area contributed by atoms with Crippen molar-refractivity contribution in [3.63, 3.8) is 0 Å². The number of imidazole rings is 1. The summed E-state index contributed by atoms with van der Waals surface area (Å²) in [7, 11) is 0. The maximum absolute atomic E-state index is 13.0. The van der Waals surface area contributed by atoms with E-state index >= 15 is 0 Å². The van der Waals surface area contributed by atoms with Crippen LogP contribution in [0.15, 0.2) is 48.4 Å². The lowest BCUT2D eigenvalue weighted by Gasteiger charge is -2.24. The molecule has 0 aliphatic carbocycles. The number of hydrogen-bond donors (Lipinski definition) is 1. The fourth-order valence-corrected chi connectivity index (χ4v) is 3.16. The van der Waals surface area contributed by atoms with Crippen LogP contribution in [0.2, 0.25) is 0 Å². The second-order valence-electron chi connectivity index (χ2n) is 5.89. The number of nitrogens with zero attached hydrogens (tertiary/aromatic N) is 3. The van der Waals surface area contributed by atoms with Crippen molar-refractivity contribution < 1.29 is 9.18 Å². The van der Waals surface area contributed by atoms with Gasteiger partial charge in [0.05, 0.1) is 17.8 Å². The lowest BCUT2D eigenvalue weighted by atomic mass is 10.0. The molecule has 0 spiro atoms. The summed E-state index contributed by atoms with van der Waals surface area (Å²) in [6.45, 7) is 4.11. The minimum Gasteiger partial charge on any atom is -0.298 e. The molecule has 3 rings (SSSR count). The molecule has 0 saturated heterocycles. The van der Waals surface area contributed by atoms with Crippen LogP contribution in [0.3, 0.4) is 0 Å². The number of aromatic nitrogens is 3. The molecule has 0 aliphatic rings. The summed E-state index contributed by atoms with van der Waals surface area (Å²) in [5.74, 6) is -0.356. The normalized spacial score (nSPS) is 11.6. The molecule has 7 heteroatoms.